The number of pyridine rings is 1. The first-order chi connectivity index (χ1) is 10.1. The van der Waals surface area contributed by atoms with E-state index in [0.29, 0.717) is 11.3 Å². The summed E-state index contributed by atoms with van der Waals surface area (Å²) in [4.78, 5) is 27.6. The van der Waals surface area contributed by atoms with Crippen LogP contribution in [0.3, 0.4) is 0 Å². The van der Waals surface area contributed by atoms with Gasteiger partial charge < -0.3 is 10.1 Å². The summed E-state index contributed by atoms with van der Waals surface area (Å²) in [7, 11) is 2.79. The van der Waals surface area contributed by atoms with Gasteiger partial charge in [0.25, 0.3) is 0 Å². The van der Waals surface area contributed by atoms with Gasteiger partial charge in [0, 0.05) is 25.0 Å². The van der Waals surface area contributed by atoms with Crippen molar-refractivity contribution in [3.8, 4) is 11.3 Å². The number of hydrogen-bond acceptors (Lipinski definition) is 6. The maximum atomic E-state index is 11.8. The highest BCUT2D eigenvalue weighted by atomic mass is 16.5. The summed E-state index contributed by atoms with van der Waals surface area (Å²) in [6.45, 7) is 1.67. The average molecular weight is 289 g/mol. The number of carbonyl (C=O) groups is 2. The van der Waals surface area contributed by atoms with E-state index in [1.165, 1.54) is 18.8 Å². The molecule has 2 heterocycles. The maximum Gasteiger partial charge on any atom is 0.360 e. The van der Waals surface area contributed by atoms with E-state index in [1.807, 2.05) is 0 Å². The highest BCUT2D eigenvalue weighted by Crippen LogP contribution is 2.25. The van der Waals surface area contributed by atoms with Crippen molar-refractivity contribution >= 4 is 11.9 Å². The van der Waals surface area contributed by atoms with Gasteiger partial charge >= 0.3 is 5.97 Å². The Balaban J connectivity index is 2.60. The minimum atomic E-state index is -0.621. The highest BCUT2D eigenvalue weighted by molar-refractivity contribution is 5.94. The van der Waals surface area contributed by atoms with Gasteiger partial charge in [-0.05, 0) is 19.1 Å². The first-order valence-electron chi connectivity index (χ1n) is 6.25. The van der Waals surface area contributed by atoms with Gasteiger partial charge in [-0.3, -0.25) is 9.78 Å². The number of amides is 1. The number of nitrogens with one attached hydrogen (secondary N) is 1. The topological polar surface area (TPSA) is 99.0 Å². The number of rotatable bonds is 4. The van der Waals surface area contributed by atoms with E-state index in [0.717, 1.165) is 0 Å². The van der Waals surface area contributed by atoms with Crippen LogP contribution < -0.4 is 5.32 Å². The maximum absolute atomic E-state index is 11.8. The summed E-state index contributed by atoms with van der Waals surface area (Å²) in [6, 6.07) is 2.79. The van der Waals surface area contributed by atoms with Gasteiger partial charge in [0.2, 0.25) is 5.91 Å². The Morgan fingerprint density at radius 2 is 2.00 bits per heavy atom. The molecule has 1 N–H and O–H groups in total. The summed E-state index contributed by atoms with van der Waals surface area (Å²) in [5.74, 6) is -0.858. The third-order valence-electron chi connectivity index (χ3n) is 3.02. The van der Waals surface area contributed by atoms with E-state index in [9.17, 15) is 9.59 Å². The van der Waals surface area contributed by atoms with Crippen LogP contribution in [0.2, 0.25) is 0 Å². The Morgan fingerprint density at radius 1 is 1.33 bits per heavy atom. The van der Waals surface area contributed by atoms with Crippen molar-refractivity contribution in [2.75, 3.05) is 14.2 Å². The monoisotopic (exact) mass is 289 g/mol. The number of nitrogens with zero attached hydrogens (tertiary/aromatic N) is 4. The fraction of sp³-hybridized carbons (Fsp3) is 0.308. The molecule has 0 aliphatic carbocycles. The highest BCUT2D eigenvalue weighted by Gasteiger charge is 2.26. The Hall–Kier alpha value is -2.77. The summed E-state index contributed by atoms with van der Waals surface area (Å²) in [6.07, 6.45) is 3.16. The normalized spacial score (nSPS) is 11.8. The molecule has 0 aromatic carbocycles. The van der Waals surface area contributed by atoms with Crippen LogP contribution in [-0.4, -0.2) is 46.0 Å². The van der Waals surface area contributed by atoms with Gasteiger partial charge in [0.15, 0.2) is 5.69 Å². The number of aromatic nitrogens is 4. The molecule has 21 heavy (non-hydrogen) atoms. The molecule has 0 radical (unpaired) electrons. The number of ether oxygens (including phenoxy) is 1. The zero-order chi connectivity index (χ0) is 15.4. The SMILES string of the molecule is CNC(=O)C(C)n1nnc(C(=O)OC)c1-c1ccncc1. The lowest BCUT2D eigenvalue weighted by Gasteiger charge is -2.13. The van der Waals surface area contributed by atoms with Crippen molar-refractivity contribution in [1.29, 1.82) is 0 Å². The van der Waals surface area contributed by atoms with E-state index in [2.05, 4.69) is 20.6 Å². The van der Waals surface area contributed by atoms with Crippen molar-refractivity contribution in [3.05, 3.63) is 30.2 Å². The molecule has 0 aliphatic rings. The molecule has 0 saturated carbocycles. The number of esters is 1. The molecule has 0 bridgehead atoms. The Labute approximate surface area is 121 Å². The fourth-order valence-corrected chi connectivity index (χ4v) is 1.90. The Morgan fingerprint density at radius 3 is 2.57 bits per heavy atom. The molecular formula is C13H15N5O3. The van der Waals surface area contributed by atoms with Crippen LogP contribution in [0.25, 0.3) is 11.3 Å². The van der Waals surface area contributed by atoms with Crippen LogP contribution in [0.4, 0.5) is 0 Å². The van der Waals surface area contributed by atoms with E-state index in [-0.39, 0.29) is 11.6 Å². The zero-order valence-electron chi connectivity index (χ0n) is 11.9. The molecule has 2 aromatic rings. The van der Waals surface area contributed by atoms with Gasteiger partial charge in [-0.1, -0.05) is 5.21 Å². The molecule has 1 amide bonds. The molecule has 0 fully saturated rings. The van der Waals surface area contributed by atoms with Crippen LogP contribution in [0.5, 0.6) is 0 Å². The minimum absolute atomic E-state index is 0.0550. The summed E-state index contributed by atoms with van der Waals surface area (Å²) >= 11 is 0. The van der Waals surface area contributed by atoms with Crippen molar-refractivity contribution in [2.24, 2.45) is 0 Å². The molecule has 110 valence electrons. The van der Waals surface area contributed by atoms with Gasteiger partial charge in [0.05, 0.1) is 7.11 Å². The summed E-state index contributed by atoms with van der Waals surface area (Å²) in [5, 5.41) is 10.3. The lowest BCUT2D eigenvalue weighted by Crippen LogP contribution is -2.29. The summed E-state index contributed by atoms with van der Waals surface area (Å²) < 4.78 is 6.10. The first-order valence-corrected chi connectivity index (χ1v) is 6.25. The van der Waals surface area contributed by atoms with E-state index in [4.69, 9.17) is 4.74 Å². The molecule has 1 atom stereocenters. The number of hydrogen-bond donors (Lipinski definition) is 1. The van der Waals surface area contributed by atoms with Gasteiger partial charge in [-0.2, -0.15) is 0 Å². The van der Waals surface area contributed by atoms with Gasteiger partial charge in [-0.15, -0.1) is 5.10 Å². The van der Waals surface area contributed by atoms with Crippen LogP contribution in [0.1, 0.15) is 23.5 Å². The Bertz CT molecular complexity index is 653. The number of methoxy groups -OCH3 is 1. The molecule has 8 nitrogen and oxygen atoms in total. The lowest BCUT2D eigenvalue weighted by molar-refractivity contribution is -0.123. The second kappa shape index (κ2) is 6.12. The lowest BCUT2D eigenvalue weighted by atomic mass is 10.1. The molecule has 0 spiro atoms. The minimum Gasteiger partial charge on any atom is -0.464 e. The van der Waals surface area contributed by atoms with E-state index >= 15 is 0 Å². The smallest absolute Gasteiger partial charge is 0.360 e. The second-order valence-electron chi connectivity index (χ2n) is 4.25. The predicted octanol–water partition coefficient (Wildman–Crippen LogP) is 0.434. The number of likely N-dealkylation sites (N-methyl/N-ethyl adjacent to an activating group) is 1. The largest absolute Gasteiger partial charge is 0.464 e. The average Bonchev–Trinajstić information content (AvgIpc) is 2.98. The van der Waals surface area contributed by atoms with Crippen molar-refractivity contribution in [2.45, 2.75) is 13.0 Å². The molecular weight excluding hydrogens is 274 g/mol. The van der Waals surface area contributed by atoms with Crippen molar-refractivity contribution in [3.63, 3.8) is 0 Å². The second-order valence-corrected chi connectivity index (χ2v) is 4.25. The van der Waals surface area contributed by atoms with Crippen LogP contribution in [0.15, 0.2) is 24.5 Å². The van der Waals surface area contributed by atoms with Crippen LogP contribution in [0, 0.1) is 0 Å². The third kappa shape index (κ3) is 2.73. The fourth-order valence-electron chi connectivity index (χ4n) is 1.90. The van der Waals surface area contributed by atoms with E-state index in [1.54, 1.807) is 31.5 Å². The third-order valence-corrected chi connectivity index (χ3v) is 3.02. The molecule has 0 aliphatic heterocycles. The molecule has 2 rings (SSSR count). The summed E-state index contributed by atoms with van der Waals surface area (Å²) in [5.41, 5.74) is 1.14. The Kier molecular flexibility index (Phi) is 4.27. The van der Waals surface area contributed by atoms with Crippen molar-refractivity contribution in [1.82, 2.24) is 25.3 Å². The molecule has 8 heteroatoms. The first kappa shape index (κ1) is 14.6. The quantitative estimate of drug-likeness (QED) is 0.820. The van der Waals surface area contributed by atoms with Crippen LogP contribution >= 0.6 is 0 Å². The van der Waals surface area contributed by atoms with E-state index < -0.39 is 12.0 Å². The van der Waals surface area contributed by atoms with Crippen molar-refractivity contribution < 1.29 is 14.3 Å². The molecule has 2 aromatic heterocycles. The van der Waals surface area contributed by atoms with Gasteiger partial charge in [-0.25, -0.2) is 9.48 Å². The zero-order valence-corrected chi connectivity index (χ0v) is 11.9. The molecule has 0 saturated heterocycles. The number of carbonyl (C=O) groups excluding carboxylic acids is 2. The predicted molar refractivity (Wildman–Crippen MR) is 73.4 cm³/mol. The standard InChI is InChI=1S/C13H15N5O3/c1-8(12(19)14-2)18-11(9-4-6-15-7-5-9)10(16-17-18)13(20)21-3/h4-8H,1-3H3,(H,14,19). The van der Waals surface area contributed by atoms with Crippen LogP contribution in [-0.2, 0) is 9.53 Å². The molecule has 1 unspecified atom stereocenters. The van der Waals surface area contributed by atoms with Gasteiger partial charge in [0.1, 0.15) is 11.7 Å².